The van der Waals surface area contributed by atoms with Crippen molar-refractivity contribution in [1.82, 2.24) is 0 Å². The number of hydrogen-bond acceptors (Lipinski definition) is 2. The third-order valence-electron chi connectivity index (χ3n) is 2.63. The van der Waals surface area contributed by atoms with Crippen molar-refractivity contribution in [1.29, 1.82) is 0 Å². The number of hydrogen-bond donors (Lipinski definition) is 1. The van der Waals surface area contributed by atoms with Crippen LogP contribution in [0, 0.1) is 6.92 Å². The molecule has 15 heavy (non-hydrogen) atoms. The fourth-order valence-corrected chi connectivity index (χ4v) is 2.42. The molecule has 0 saturated carbocycles. The molecular weight excluding hydrogens is 202 g/mol. The molecule has 1 unspecified atom stereocenters. The summed E-state index contributed by atoms with van der Waals surface area (Å²) < 4.78 is 0. The Bertz CT molecular complexity index is 419. The van der Waals surface area contributed by atoms with Crippen LogP contribution < -0.4 is 5.73 Å². The molecule has 2 N–H and O–H groups in total. The molecule has 1 nitrogen and oxygen atoms in total. The first-order valence-electron chi connectivity index (χ1n) is 5.11. The van der Waals surface area contributed by atoms with Crippen LogP contribution >= 0.6 is 11.3 Å². The lowest BCUT2D eigenvalue weighted by Crippen LogP contribution is -2.13. The summed E-state index contributed by atoms with van der Waals surface area (Å²) in [5.74, 6) is 0. The van der Waals surface area contributed by atoms with Gasteiger partial charge in [0.2, 0.25) is 0 Å². The summed E-state index contributed by atoms with van der Waals surface area (Å²) in [6, 6.07) is 12.6. The molecule has 1 aromatic carbocycles. The highest BCUT2D eigenvalue weighted by Gasteiger charge is 2.08. The van der Waals surface area contributed by atoms with E-state index in [0.29, 0.717) is 0 Å². The van der Waals surface area contributed by atoms with Gasteiger partial charge in [-0.25, -0.2) is 0 Å². The van der Waals surface area contributed by atoms with Crippen LogP contribution in [0.3, 0.4) is 0 Å². The van der Waals surface area contributed by atoms with Gasteiger partial charge in [0.05, 0.1) is 0 Å². The van der Waals surface area contributed by atoms with Gasteiger partial charge in [0.15, 0.2) is 0 Å². The Morgan fingerprint density at radius 2 is 1.93 bits per heavy atom. The van der Waals surface area contributed by atoms with Crippen LogP contribution in [-0.4, -0.2) is 0 Å². The van der Waals surface area contributed by atoms with E-state index in [-0.39, 0.29) is 6.04 Å². The van der Waals surface area contributed by atoms with Crippen molar-refractivity contribution in [3.8, 4) is 0 Å². The average Bonchev–Trinajstić information content (AvgIpc) is 2.66. The maximum atomic E-state index is 6.16. The molecule has 0 aliphatic rings. The quantitative estimate of drug-likeness (QED) is 0.838. The molecule has 0 radical (unpaired) electrons. The molecule has 0 fully saturated rings. The van der Waals surface area contributed by atoms with E-state index < -0.39 is 0 Å². The molecule has 0 saturated heterocycles. The van der Waals surface area contributed by atoms with E-state index in [2.05, 4.69) is 30.5 Å². The molecule has 0 aliphatic heterocycles. The summed E-state index contributed by atoms with van der Waals surface area (Å²) in [4.78, 5) is 1.38. The average molecular weight is 217 g/mol. The van der Waals surface area contributed by atoms with E-state index in [1.54, 1.807) is 11.3 Å². The minimum atomic E-state index is 0.111. The van der Waals surface area contributed by atoms with Gasteiger partial charge in [0, 0.05) is 10.9 Å². The molecule has 1 heterocycles. The number of benzene rings is 1. The third-order valence-corrected chi connectivity index (χ3v) is 3.52. The van der Waals surface area contributed by atoms with Gasteiger partial charge in [-0.15, -0.1) is 11.3 Å². The molecule has 0 spiro atoms. The minimum Gasteiger partial charge on any atom is -0.324 e. The zero-order valence-corrected chi connectivity index (χ0v) is 9.63. The van der Waals surface area contributed by atoms with Gasteiger partial charge in [-0.3, -0.25) is 0 Å². The maximum Gasteiger partial charge on any atom is 0.0336 e. The molecule has 1 atom stereocenters. The second-order valence-electron chi connectivity index (χ2n) is 3.72. The van der Waals surface area contributed by atoms with E-state index in [1.807, 2.05) is 18.2 Å². The van der Waals surface area contributed by atoms with Crippen molar-refractivity contribution in [2.24, 2.45) is 5.73 Å². The van der Waals surface area contributed by atoms with E-state index in [9.17, 15) is 0 Å². The van der Waals surface area contributed by atoms with E-state index in [1.165, 1.54) is 16.0 Å². The molecule has 0 bridgehead atoms. The van der Waals surface area contributed by atoms with Crippen LogP contribution in [0.25, 0.3) is 0 Å². The van der Waals surface area contributed by atoms with E-state index in [4.69, 9.17) is 5.73 Å². The fourth-order valence-electron chi connectivity index (χ4n) is 1.68. The molecule has 1 aromatic heterocycles. The molecular formula is C13H15NS. The highest BCUT2D eigenvalue weighted by atomic mass is 32.1. The molecule has 78 valence electrons. The van der Waals surface area contributed by atoms with Crippen LogP contribution in [0.4, 0.5) is 0 Å². The molecule has 0 amide bonds. The van der Waals surface area contributed by atoms with Crippen molar-refractivity contribution in [2.75, 3.05) is 0 Å². The van der Waals surface area contributed by atoms with Gasteiger partial charge in [-0.2, -0.15) is 0 Å². The first kappa shape index (κ1) is 10.4. The summed E-state index contributed by atoms with van der Waals surface area (Å²) in [7, 11) is 0. The summed E-state index contributed by atoms with van der Waals surface area (Å²) in [6.07, 6.45) is 0.930. The smallest absolute Gasteiger partial charge is 0.0336 e. The monoisotopic (exact) mass is 217 g/mol. The SMILES string of the molecule is Cc1sccc1CC(N)c1ccccc1. The van der Waals surface area contributed by atoms with Crippen molar-refractivity contribution >= 4 is 11.3 Å². The summed E-state index contributed by atoms with van der Waals surface area (Å²) in [6.45, 7) is 2.15. The van der Waals surface area contributed by atoms with Gasteiger partial charge in [0.25, 0.3) is 0 Å². The summed E-state index contributed by atoms with van der Waals surface area (Å²) in [5.41, 5.74) is 8.74. The van der Waals surface area contributed by atoms with Gasteiger partial charge in [-0.05, 0) is 35.9 Å². The Hall–Kier alpha value is -1.12. The zero-order chi connectivity index (χ0) is 10.7. The highest BCUT2D eigenvalue weighted by Crippen LogP contribution is 2.21. The lowest BCUT2D eigenvalue weighted by atomic mass is 10.0. The minimum absolute atomic E-state index is 0.111. The van der Waals surface area contributed by atoms with Crippen LogP contribution in [0.2, 0.25) is 0 Å². The second-order valence-corrected chi connectivity index (χ2v) is 4.84. The standard InChI is InChI=1S/C13H15NS/c1-10-12(7-8-15-10)9-13(14)11-5-3-2-4-6-11/h2-8,13H,9,14H2,1H3. The highest BCUT2D eigenvalue weighted by molar-refractivity contribution is 7.10. The second kappa shape index (κ2) is 4.60. The Morgan fingerprint density at radius 3 is 2.53 bits per heavy atom. The molecule has 0 aliphatic carbocycles. The van der Waals surface area contributed by atoms with Crippen molar-refractivity contribution in [3.63, 3.8) is 0 Å². The van der Waals surface area contributed by atoms with E-state index >= 15 is 0 Å². The first-order chi connectivity index (χ1) is 7.27. The van der Waals surface area contributed by atoms with Crippen molar-refractivity contribution < 1.29 is 0 Å². The lowest BCUT2D eigenvalue weighted by Gasteiger charge is -2.11. The molecule has 2 rings (SSSR count). The molecule has 2 aromatic rings. The van der Waals surface area contributed by atoms with Gasteiger partial charge < -0.3 is 5.73 Å². The Morgan fingerprint density at radius 1 is 1.20 bits per heavy atom. The Labute approximate surface area is 94.6 Å². The predicted octanol–water partition coefficient (Wildman–Crippen LogP) is 3.30. The van der Waals surface area contributed by atoms with Gasteiger partial charge in [0.1, 0.15) is 0 Å². The summed E-state index contributed by atoms with van der Waals surface area (Å²) in [5, 5.41) is 2.13. The molecule has 2 heteroatoms. The first-order valence-corrected chi connectivity index (χ1v) is 5.99. The van der Waals surface area contributed by atoms with Crippen LogP contribution in [0.5, 0.6) is 0 Å². The normalized spacial score (nSPS) is 12.7. The van der Waals surface area contributed by atoms with Crippen molar-refractivity contribution in [3.05, 3.63) is 57.8 Å². The lowest BCUT2D eigenvalue weighted by molar-refractivity contribution is 0.721. The number of rotatable bonds is 3. The van der Waals surface area contributed by atoms with Gasteiger partial charge in [-0.1, -0.05) is 30.3 Å². The van der Waals surface area contributed by atoms with E-state index in [0.717, 1.165) is 6.42 Å². The fraction of sp³-hybridized carbons (Fsp3) is 0.231. The number of nitrogens with two attached hydrogens (primary N) is 1. The zero-order valence-electron chi connectivity index (χ0n) is 8.81. The van der Waals surface area contributed by atoms with Gasteiger partial charge >= 0.3 is 0 Å². The van der Waals surface area contributed by atoms with Crippen LogP contribution in [-0.2, 0) is 6.42 Å². The Balaban J connectivity index is 2.11. The summed E-state index contributed by atoms with van der Waals surface area (Å²) >= 11 is 1.79. The predicted molar refractivity (Wildman–Crippen MR) is 66.1 cm³/mol. The topological polar surface area (TPSA) is 26.0 Å². The van der Waals surface area contributed by atoms with Crippen molar-refractivity contribution in [2.45, 2.75) is 19.4 Å². The van der Waals surface area contributed by atoms with Crippen LogP contribution in [0.1, 0.15) is 22.0 Å². The number of aryl methyl sites for hydroxylation is 1. The maximum absolute atomic E-state index is 6.16. The van der Waals surface area contributed by atoms with Crippen LogP contribution in [0.15, 0.2) is 41.8 Å². The third kappa shape index (κ3) is 2.46. The largest absolute Gasteiger partial charge is 0.324 e. The Kier molecular flexibility index (Phi) is 3.19. The number of thiophene rings is 1.